The van der Waals surface area contributed by atoms with Crippen molar-refractivity contribution in [2.45, 2.75) is 49.1 Å². The maximum Gasteiger partial charge on any atom is 0.192 e. The van der Waals surface area contributed by atoms with Gasteiger partial charge in [-0.05, 0) is 43.8 Å². The number of halogens is 1. The van der Waals surface area contributed by atoms with Crippen LogP contribution in [-0.4, -0.2) is 34.1 Å². The van der Waals surface area contributed by atoms with Gasteiger partial charge in [-0.2, -0.15) is 0 Å². The SMILES string of the molecule is C=C1C(=O)[C@H](O)C2=C(C)CC[C@]2(C)/C=C2/[C@@H](COC)CCC12I. The van der Waals surface area contributed by atoms with Crippen LogP contribution in [0.2, 0.25) is 0 Å². The molecule has 0 amide bonds. The Morgan fingerprint density at radius 2 is 2.17 bits per heavy atom. The Kier molecular flexibility index (Phi) is 4.39. The number of ether oxygens (including phenoxy) is 1. The number of carbonyl (C=O) groups excluding carboxylic acids is 1. The van der Waals surface area contributed by atoms with Crippen LogP contribution in [0.3, 0.4) is 0 Å². The van der Waals surface area contributed by atoms with Crippen LogP contribution in [0.4, 0.5) is 0 Å². The van der Waals surface area contributed by atoms with E-state index in [1.54, 1.807) is 7.11 Å². The van der Waals surface area contributed by atoms with Gasteiger partial charge in [0.25, 0.3) is 0 Å². The molecule has 23 heavy (non-hydrogen) atoms. The minimum absolute atomic E-state index is 0.203. The van der Waals surface area contributed by atoms with Crippen molar-refractivity contribution >= 4 is 28.4 Å². The van der Waals surface area contributed by atoms with E-state index in [1.807, 2.05) is 6.92 Å². The van der Waals surface area contributed by atoms with E-state index in [9.17, 15) is 9.90 Å². The zero-order chi connectivity index (χ0) is 17.0. The minimum Gasteiger partial charge on any atom is -0.384 e. The van der Waals surface area contributed by atoms with Crippen molar-refractivity contribution in [1.82, 2.24) is 0 Å². The average molecular weight is 428 g/mol. The Hall–Kier alpha value is -0.460. The number of ketones is 1. The van der Waals surface area contributed by atoms with Crippen LogP contribution >= 0.6 is 22.6 Å². The number of methoxy groups -OCH3 is 1. The zero-order valence-electron chi connectivity index (χ0n) is 14.1. The van der Waals surface area contributed by atoms with Crippen molar-refractivity contribution in [2.24, 2.45) is 11.3 Å². The zero-order valence-corrected chi connectivity index (χ0v) is 16.3. The number of carbonyl (C=O) groups is 1. The predicted octanol–water partition coefficient (Wildman–Crippen LogP) is 3.76. The fraction of sp³-hybridized carbons (Fsp3) is 0.632. The first-order chi connectivity index (χ1) is 10.7. The van der Waals surface area contributed by atoms with E-state index in [1.165, 1.54) is 5.57 Å². The van der Waals surface area contributed by atoms with E-state index < -0.39 is 6.10 Å². The largest absolute Gasteiger partial charge is 0.384 e. The molecule has 0 aliphatic heterocycles. The summed E-state index contributed by atoms with van der Waals surface area (Å²) in [4.78, 5) is 12.9. The summed E-state index contributed by atoms with van der Waals surface area (Å²) in [5.74, 6) is 0.126. The topological polar surface area (TPSA) is 46.5 Å². The molecule has 1 unspecified atom stereocenters. The molecule has 0 saturated heterocycles. The maximum absolute atomic E-state index is 12.9. The summed E-state index contributed by atoms with van der Waals surface area (Å²) in [6.45, 7) is 8.97. The van der Waals surface area contributed by atoms with E-state index in [0.717, 1.165) is 36.8 Å². The smallest absolute Gasteiger partial charge is 0.192 e. The summed E-state index contributed by atoms with van der Waals surface area (Å²) in [7, 11) is 1.73. The van der Waals surface area contributed by atoms with Gasteiger partial charge in [0.05, 0.1) is 10.0 Å². The molecule has 126 valence electrons. The molecule has 1 saturated carbocycles. The molecular formula is C19H25IO3. The molecule has 4 heteroatoms. The van der Waals surface area contributed by atoms with E-state index in [4.69, 9.17) is 4.74 Å². The summed E-state index contributed by atoms with van der Waals surface area (Å²) in [5.41, 5.74) is 3.64. The third kappa shape index (κ3) is 2.48. The van der Waals surface area contributed by atoms with Gasteiger partial charge in [-0.25, -0.2) is 0 Å². The Balaban J connectivity index is 2.21. The monoisotopic (exact) mass is 428 g/mol. The molecule has 3 aliphatic carbocycles. The van der Waals surface area contributed by atoms with Crippen LogP contribution in [0.1, 0.15) is 39.5 Å². The second kappa shape index (κ2) is 5.81. The number of aliphatic hydroxyl groups is 1. The van der Waals surface area contributed by atoms with Crippen molar-refractivity contribution in [3.05, 3.63) is 34.9 Å². The number of rotatable bonds is 2. The van der Waals surface area contributed by atoms with Crippen LogP contribution in [0, 0.1) is 11.3 Å². The third-order valence-electron chi connectivity index (χ3n) is 5.97. The number of fused-ring (bicyclic) bond motifs is 2. The maximum atomic E-state index is 12.9. The van der Waals surface area contributed by atoms with E-state index >= 15 is 0 Å². The summed E-state index contributed by atoms with van der Waals surface area (Å²) >= 11 is 2.39. The van der Waals surface area contributed by atoms with Crippen molar-refractivity contribution in [3.8, 4) is 0 Å². The van der Waals surface area contributed by atoms with Crippen LogP contribution in [0.15, 0.2) is 34.9 Å². The first-order valence-electron chi connectivity index (χ1n) is 8.27. The second-order valence-electron chi connectivity index (χ2n) is 7.45. The number of hydrogen-bond donors (Lipinski definition) is 1. The van der Waals surface area contributed by atoms with Gasteiger partial charge < -0.3 is 9.84 Å². The number of hydrogen-bond acceptors (Lipinski definition) is 3. The highest BCUT2D eigenvalue weighted by Gasteiger charge is 2.52. The molecule has 0 aromatic heterocycles. The number of Topliss-reactive ketones (excluding diaryl/α,β-unsaturated/α-hetero) is 1. The lowest BCUT2D eigenvalue weighted by Gasteiger charge is -2.38. The Bertz CT molecular complexity index is 633. The molecule has 0 radical (unpaired) electrons. The highest BCUT2D eigenvalue weighted by molar-refractivity contribution is 14.1. The Labute approximate surface area is 152 Å². The van der Waals surface area contributed by atoms with Gasteiger partial charge in [0.1, 0.15) is 6.10 Å². The lowest BCUT2D eigenvalue weighted by atomic mass is 9.71. The predicted molar refractivity (Wildman–Crippen MR) is 99.6 cm³/mol. The lowest BCUT2D eigenvalue weighted by Crippen LogP contribution is -2.40. The van der Waals surface area contributed by atoms with Crippen LogP contribution in [0.25, 0.3) is 0 Å². The van der Waals surface area contributed by atoms with Gasteiger partial charge in [0.2, 0.25) is 0 Å². The Morgan fingerprint density at radius 3 is 2.83 bits per heavy atom. The molecule has 0 aromatic carbocycles. The number of allylic oxidation sites excluding steroid dienone is 2. The van der Waals surface area contributed by atoms with Crippen LogP contribution in [0.5, 0.6) is 0 Å². The quantitative estimate of drug-likeness (QED) is 0.315. The van der Waals surface area contributed by atoms with Crippen molar-refractivity contribution in [2.75, 3.05) is 13.7 Å². The second-order valence-corrected chi connectivity index (χ2v) is 9.29. The van der Waals surface area contributed by atoms with Crippen LogP contribution < -0.4 is 0 Å². The molecule has 4 atom stereocenters. The van der Waals surface area contributed by atoms with Gasteiger partial charge in [0, 0.05) is 24.0 Å². The normalized spacial score (nSPS) is 42.9. The Morgan fingerprint density at radius 1 is 1.48 bits per heavy atom. The highest BCUT2D eigenvalue weighted by atomic mass is 127. The molecule has 1 fully saturated rings. The summed E-state index contributed by atoms with van der Waals surface area (Å²) in [6.07, 6.45) is 5.08. The molecule has 3 aliphatic rings. The van der Waals surface area contributed by atoms with Gasteiger partial charge in [-0.15, -0.1) is 0 Å². The summed E-state index contributed by atoms with van der Waals surface area (Å²) in [5, 5.41) is 10.7. The molecule has 0 heterocycles. The van der Waals surface area contributed by atoms with Crippen LogP contribution in [-0.2, 0) is 9.53 Å². The first-order valence-corrected chi connectivity index (χ1v) is 9.35. The molecule has 0 aromatic rings. The first kappa shape index (κ1) is 17.4. The number of aliphatic hydroxyl groups excluding tert-OH is 1. The molecule has 1 N–H and O–H groups in total. The fourth-order valence-electron chi connectivity index (χ4n) is 4.66. The van der Waals surface area contributed by atoms with E-state index in [2.05, 4.69) is 42.2 Å². The number of alkyl halides is 1. The molecule has 0 bridgehead atoms. The van der Waals surface area contributed by atoms with E-state index in [0.29, 0.717) is 18.1 Å². The van der Waals surface area contributed by atoms with Crippen molar-refractivity contribution in [3.63, 3.8) is 0 Å². The van der Waals surface area contributed by atoms with Gasteiger partial charge >= 0.3 is 0 Å². The fourth-order valence-corrected chi connectivity index (χ4v) is 5.84. The summed E-state index contributed by atoms with van der Waals surface area (Å²) < 4.78 is 5.05. The molecule has 3 rings (SSSR count). The van der Waals surface area contributed by atoms with Gasteiger partial charge in [-0.1, -0.05) is 47.7 Å². The summed E-state index contributed by atoms with van der Waals surface area (Å²) in [6, 6.07) is 0. The standard InChI is InChI=1S/C19H25IO3/c1-11-5-7-18(3)9-14-13(10-23-4)6-8-19(14,20)12(2)16(21)17(22)15(11)18/h9,13,17,22H,2,5-8,10H2,1,3-4H3/b14-9-/t13-,17-,18-,19?/m1/s1. The minimum atomic E-state index is -1.04. The molecular weight excluding hydrogens is 403 g/mol. The van der Waals surface area contributed by atoms with E-state index in [-0.39, 0.29) is 14.6 Å². The lowest BCUT2D eigenvalue weighted by molar-refractivity contribution is -0.122. The molecule has 3 nitrogen and oxygen atoms in total. The van der Waals surface area contributed by atoms with Crippen molar-refractivity contribution in [1.29, 1.82) is 0 Å². The van der Waals surface area contributed by atoms with Gasteiger partial charge in [0.15, 0.2) is 5.78 Å². The van der Waals surface area contributed by atoms with Gasteiger partial charge in [-0.3, -0.25) is 4.79 Å². The average Bonchev–Trinajstić information content (AvgIpc) is 2.97. The third-order valence-corrected chi connectivity index (χ3v) is 7.78. The van der Waals surface area contributed by atoms with Crippen molar-refractivity contribution < 1.29 is 14.6 Å². The molecule has 0 spiro atoms. The highest BCUT2D eigenvalue weighted by Crippen LogP contribution is 2.57.